The molecule has 1 heterocycles. The first-order chi connectivity index (χ1) is 6.81. The summed E-state index contributed by atoms with van der Waals surface area (Å²) >= 11 is 0. The predicted molar refractivity (Wildman–Crippen MR) is 59.3 cm³/mol. The van der Waals surface area contributed by atoms with Crippen molar-refractivity contribution in [2.45, 2.75) is 32.7 Å². The summed E-state index contributed by atoms with van der Waals surface area (Å²) in [7, 11) is 0. The number of hydrogen-bond donors (Lipinski definition) is 1. The summed E-state index contributed by atoms with van der Waals surface area (Å²) in [4.78, 5) is 0. The molecule has 0 aliphatic rings. The molecule has 0 spiro atoms. The number of rotatable bonds is 6. The fourth-order valence-corrected chi connectivity index (χ4v) is 1.48. The normalized spacial score (nSPS) is 12.7. The number of aryl methyl sites for hydroxylation is 1. The SMILES string of the molecule is C=CCC(NCC)c1ccc(CC)o1. The van der Waals surface area contributed by atoms with Crippen LogP contribution in [0.5, 0.6) is 0 Å². The van der Waals surface area contributed by atoms with Crippen molar-refractivity contribution in [2.24, 2.45) is 0 Å². The molecule has 0 radical (unpaired) electrons. The lowest BCUT2D eigenvalue weighted by Gasteiger charge is -2.12. The van der Waals surface area contributed by atoms with Gasteiger partial charge >= 0.3 is 0 Å². The summed E-state index contributed by atoms with van der Waals surface area (Å²) in [6.45, 7) is 8.89. The molecule has 0 aromatic carbocycles. The Balaban J connectivity index is 2.70. The van der Waals surface area contributed by atoms with Gasteiger partial charge < -0.3 is 9.73 Å². The van der Waals surface area contributed by atoms with Crippen LogP contribution in [0.4, 0.5) is 0 Å². The van der Waals surface area contributed by atoms with E-state index in [1.54, 1.807) is 0 Å². The van der Waals surface area contributed by atoms with E-state index in [1.165, 1.54) is 0 Å². The minimum atomic E-state index is 0.276. The fourth-order valence-electron chi connectivity index (χ4n) is 1.48. The molecule has 0 saturated heterocycles. The lowest BCUT2D eigenvalue weighted by Crippen LogP contribution is -2.19. The van der Waals surface area contributed by atoms with Crippen molar-refractivity contribution in [3.63, 3.8) is 0 Å². The summed E-state index contributed by atoms with van der Waals surface area (Å²) in [5, 5.41) is 3.37. The van der Waals surface area contributed by atoms with E-state index in [0.717, 1.165) is 30.9 Å². The molecule has 2 nitrogen and oxygen atoms in total. The van der Waals surface area contributed by atoms with E-state index in [9.17, 15) is 0 Å². The highest BCUT2D eigenvalue weighted by Crippen LogP contribution is 2.20. The van der Waals surface area contributed by atoms with Gasteiger partial charge in [0.15, 0.2) is 0 Å². The zero-order valence-electron chi connectivity index (χ0n) is 9.05. The molecule has 0 bridgehead atoms. The molecule has 1 N–H and O–H groups in total. The Labute approximate surface area is 86.0 Å². The Morgan fingerprint density at radius 3 is 2.79 bits per heavy atom. The first-order valence-corrected chi connectivity index (χ1v) is 5.24. The third-order valence-corrected chi connectivity index (χ3v) is 2.23. The molecule has 1 aromatic heterocycles. The minimum absolute atomic E-state index is 0.276. The standard InChI is InChI=1S/C12H19NO/c1-4-7-11(13-6-3)12-9-8-10(5-2)14-12/h4,8-9,11,13H,1,5-7H2,2-3H3. The van der Waals surface area contributed by atoms with Gasteiger partial charge in [0.25, 0.3) is 0 Å². The Hall–Kier alpha value is -1.02. The second-order valence-corrected chi connectivity index (χ2v) is 3.29. The van der Waals surface area contributed by atoms with Crippen molar-refractivity contribution in [2.75, 3.05) is 6.54 Å². The Kier molecular flexibility index (Phi) is 4.47. The van der Waals surface area contributed by atoms with E-state index in [4.69, 9.17) is 4.42 Å². The molecule has 0 fully saturated rings. The van der Waals surface area contributed by atoms with Gasteiger partial charge in [-0.3, -0.25) is 0 Å². The van der Waals surface area contributed by atoms with Crippen molar-refractivity contribution >= 4 is 0 Å². The van der Waals surface area contributed by atoms with Gasteiger partial charge in [-0.1, -0.05) is 19.9 Å². The molecule has 0 saturated carbocycles. The lowest BCUT2D eigenvalue weighted by molar-refractivity contribution is 0.400. The summed E-state index contributed by atoms with van der Waals surface area (Å²) in [5.74, 6) is 2.07. The van der Waals surface area contributed by atoms with E-state index in [0.29, 0.717) is 0 Å². The van der Waals surface area contributed by atoms with Gasteiger partial charge in [0.05, 0.1) is 6.04 Å². The van der Waals surface area contributed by atoms with Crippen LogP contribution in [0.15, 0.2) is 29.2 Å². The van der Waals surface area contributed by atoms with Crippen molar-refractivity contribution in [1.29, 1.82) is 0 Å². The first-order valence-electron chi connectivity index (χ1n) is 5.24. The van der Waals surface area contributed by atoms with Crippen LogP contribution in [0.25, 0.3) is 0 Å². The van der Waals surface area contributed by atoms with Crippen molar-refractivity contribution in [3.05, 3.63) is 36.3 Å². The van der Waals surface area contributed by atoms with Crippen LogP contribution in [0.2, 0.25) is 0 Å². The Bertz CT molecular complexity index is 278. The largest absolute Gasteiger partial charge is 0.464 e. The number of furan rings is 1. The Morgan fingerprint density at radius 1 is 1.50 bits per heavy atom. The van der Waals surface area contributed by atoms with Crippen LogP contribution in [0, 0.1) is 0 Å². The third-order valence-electron chi connectivity index (χ3n) is 2.23. The van der Waals surface area contributed by atoms with Crippen molar-refractivity contribution in [1.82, 2.24) is 5.32 Å². The molecule has 14 heavy (non-hydrogen) atoms. The van der Waals surface area contributed by atoms with Crippen LogP contribution in [0.1, 0.15) is 37.8 Å². The molecule has 78 valence electrons. The highest BCUT2D eigenvalue weighted by molar-refractivity contribution is 5.11. The zero-order chi connectivity index (χ0) is 10.4. The van der Waals surface area contributed by atoms with Gasteiger partial charge in [-0.2, -0.15) is 0 Å². The molecule has 0 amide bonds. The second-order valence-electron chi connectivity index (χ2n) is 3.29. The first kappa shape index (κ1) is 11.1. The summed E-state index contributed by atoms with van der Waals surface area (Å²) < 4.78 is 5.69. The van der Waals surface area contributed by atoms with Gasteiger partial charge in [-0.25, -0.2) is 0 Å². The fraction of sp³-hybridized carbons (Fsp3) is 0.500. The third kappa shape index (κ3) is 2.74. The van der Waals surface area contributed by atoms with E-state index < -0.39 is 0 Å². The average molecular weight is 193 g/mol. The highest BCUT2D eigenvalue weighted by Gasteiger charge is 2.12. The molecule has 1 atom stereocenters. The van der Waals surface area contributed by atoms with Gasteiger partial charge in [-0.15, -0.1) is 6.58 Å². The molecule has 1 aromatic rings. The van der Waals surface area contributed by atoms with E-state index in [-0.39, 0.29) is 6.04 Å². The van der Waals surface area contributed by atoms with Crippen LogP contribution in [-0.2, 0) is 6.42 Å². The van der Waals surface area contributed by atoms with Crippen LogP contribution >= 0.6 is 0 Å². The number of hydrogen-bond acceptors (Lipinski definition) is 2. The van der Waals surface area contributed by atoms with Crippen LogP contribution in [-0.4, -0.2) is 6.54 Å². The summed E-state index contributed by atoms with van der Waals surface area (Å²) in [6.07, 6.45) is 3.78. The monoisotopic (exact) mass is 193 g/mol. The summed E-state index contributed by atoms with van der Waals surface area (Å²) in [5.41, 5.74) is 0. The second kappa shape index (κ2) is 5.66. The maximum atomic E-state index is 5.69. The molecule has 1 unspecified atom stereocenters. The molecular weight excluding hydrogens is 174 g/mol. The van der Waals surface area contributed by atoms with Crippen molar-refractivity contribution < 1.29 is 4.42 Å². The van der Waals surface area contributed by atoms with E-state index >= 15 is 0 Å². The minimum Gasteiger partial charge on any atom is -0.464 e. The van der Waals surface area contributed by atoms with E-state index in [1.807, 2.05) is 12.1 Å². The van der Waals surface area contributed by atoms with Gasteiger partial charge in [0.1, 0.15) is 11.5 Å². The molecule has 1 rings (SSSR count). The Morgan fingerprint density at radius 2 is 2.29 bits per heavy atom. The quantitative estimate of drug-likeness (QED) is 0.702. The maximum Gasteiger partial charge on any atom is 0.121 e. The van der Waals surface area contributed by atoms with Gasteiger partial charge in [0, 0.05) is 6.42 Å². The van der Waals surface area contributed by atoms with Gasteiger partial charge in [-0.05, 0) is 25.1 Å². The molecule has 2 heteroatoms. The summed E-state index contributed by atoms with van der Waals surface area (Å²) in [6, 6.07) is 4.37. The molecule has 0 aliphatic heterocycles. The lowest BCUT2D eigenvalue weighted by atomic mass is 10.1. The smallest absolute Gasteiger partial charge is 0.121 e. The number of nitrogens with one attached hydrogen (secondary N) is 1. The van der Waals surface area contributed by atoms with Crippen LogP contribution in [0.3, 0.4) is 0 Å². The molecule has 0 aliphatic carbocycles. The van der Waals surface area contributed by atoms with Crippen LogP contribution < -0.4 is 5.32 Å². The van der Waals surface area contributed by atoms with Gasteiger partial charge in [0.2, 0.25) is 0 Å². The molecular formula is C12H19NO. The van der Waals surface area contributed by atoms with Crippen molar-refractivity contribution in [3.8, 4) is 0 Å². The highest BCUT2D eigenvalue weighted by atomic mass is 16.3. The topological polar surface area (TPSA) is 25.2 Å². The average Bonchev–Trinajstić information content (AvgIpc) is 2.65. The predicted octanol–water partition coefficient (Wildman–Crippen LogP) is 3.07. The van der Waals surface area contributed by atoms with E-state index in [2.05, 4.69) is 31.8 Å². The maximum absolute atomic E-state index is 5.69. The zero-order valence-corrected chi connectivity index (χ0v) is 9.05.